The summed E-state index contributed by atoms with van der Waals surface area (Å²) in [6, 6.07) is 29.4. The van der Waals surface area contributed by atoms with Crippen molar-refractivity contribution in [1.82, 2.24) is 0 Å². The third-order valence-electron chi connectivity index (χ3n) is 9.93. The Balaban J connectivity index is 1.06. The minimum Gasteiger partial charge on any atom is -0.192 e. The highest BCUT2D eigenvalue weighted by Gasteiger charge is 2.23. The maximum atomic E-state index is 9.04. The first-order chi connectivity index (χ1) is 19.2. The summed E-state index contributed by atoms with van der Waals surface area (Å²) in [5, 5.41) is 9.04. The molecule has 0 heterocycles. The molecule has 0 amide bonds. The Hall–Kier alpha value is -2.85. The van der Waals surface area contributed by atoms with Crippen molar-refractivity contribution in [3.05, 3.63) is 95.1 Å². The van der Waals surface area contributed by atoms with E-state index >= 15 is 0 Å². The molecule has 0 aromatic heterocycles. The zero-order chi connectivity index (χ0) is 26.9. The average Bonchev–Trinajstić information content (AvgIpc) is 3.01. The molecule has 3 aromatic carbocycles. The Morgan fingerprint density at radius 3 is 1.59 bits per heavy atom. The van der Waals surface area contributed by atoms with Crippen LogP contribution >= 0.6 is 0 Å². The fourth-order valence-corrected chi connectivity index (χ4v) is 7.26. The minimum absolute atomic E-state index is 0.672. The zero-order valence-electron chi connectivity index (χ0n) is 24.1. The minimum atomic E-state index is 0.672. The molecular formula is C38H47N. The van der Waals surface area contributed by atoms with Crippen LogP contribution < -0.4 is 0 Å². The molecule has 39 heavy (non-hydrogen) atoms. The smallest absolute Gasteiger partial charge is 0.0991 e. The SMILES string of the molecule is CCCCCC1CCC(c2ccc(-c3ccc(CCC4CCC(c5ccc(C#N)cc5)CC4)cc3)cc2)CC1. The van der Waals surface area contributed by atoms with E-state index in [4.69, 9.17) is 5.26 Å². The van der Waals surface area contributed by atoms with Crippen molar-refractivity contribution in [2.75, 3.05) is 0 Å². The molecular weight excluding hydrogens is 470 g/mol. The van der Waals surface area contributed by atoms with E-state index in [0.29, 0.717) is 5.92 Å². The van der Waals surface area contributed by atoms with Crippen LogP contribution in [0.1, 0.15) is 124 Å². The maximum Gasteiger partial charge on any atom is 0.0991 e. The summed E-state index contributed by atoms with van der Waals surface area (Å²) in [4.78, 5) is 0. The molecule has 1 heteroatoms. The first-order valence-electron chi connectivity index (χ1n) is 15.9. The Morgan fingerprint density at radius 1 is 0.590 bits per heavy atom. The van der Waals surface area contributed by atoms with Gasteiger partial charge in [-0.15, -0.1) is 0 Å². The number of aryl methyl sites for hydroxylation is 1. The lowest BCUT2D eigenvalue weighted by atomic mass is 9.76. The van der Waals surface area contributed by atoms with Crippen molar-refractivity contribution >= 4 is 0 Å². The average molecular weight is 518 g/mol. The highest BCUT2D eigenvalue weighted by Crippen LogP contribution is 2.39. The largest absolute Gasteiger partial charge is 0.192 e. The number of hydrogen-bond acceptors (Lipinski definition) is 1. The van der Waals surface area contributed by atoms with E-state index in [0.717, 1.165) is 23.3 Å². The lowest BCUT2D eigenvalue weighted by Gasteiger charge is -2.29. The molecule has 2 saturated carbocycles. The quantitative estimate of drug-likeness (QED) is 0.245. The Kier molecular flexibility index (Phi) is 9.93. The normalized spacial score (nSPS) is 23.3. The van der Waals surface area contributed by atoms with Gasteiger partial charge in [-0.1, -0.05) is 93.3 Å². The summed E-state index contributed by atoms with van der Waals surface area (Å²) in [5.41, 5.74) is 7.89. The van der Waals surface area contributed by atoms with Crippen LogP contribution in [-0.4, -0.2) is 0 Å². The fourth-order valence-electron chi connectivity index (χ4n) is 7.26. The van der Waals surface area contributed by atoms with Gasteiger partial charge >= 0.3 is 0 Å². The standard InChI is InChI=1S/C38H47N/c1-2-3-4-5-29-8-16-34(17-9-29)37-24-26-38(27-25-37)35-20-12-31(13-21-35)7-6-30-10-18-33(19-11-30)36-22-14-32(28-39)15-23-36/h12-15,20-27,29-30,33-34H,2-11,16-19H2,1H3. The van der Waals surface area contributed by atoms with Crippen LogP contribution in [0.3, 0.4) is 0 Å². The van der Waals surface area contributed by atoms with Crippen molar-refractivity contribution in [1.29, 1.82) is 5.26 Å². The third kappa shape index (κ3) is 7.63. The predicted molar refractivity (Wildman–Crippen MR) is 165 cm³/mol. The van der Waals surface area contributed by atoms with Crippen molar-refractivity contribution in [3.63, 3.8) is 0 Å². The first-order valence-corrected chi connectivity index (χ1v) is 15.9. The van der Waals surface area contributed by atoms with Gasteiger partial charge in [-0.3, -0.25) is 0 Å². The van der Waals surface area contributed by atoms with Gasteiger partial charge in [0.25, 0.3) is 0 Å². The highest BCUT2D eigenvalue weighted by molar-refractivity contribution is 5.64. The third-order valence-corrected chi connectivity index (χ3v) is 9.93. The lowest BCUT2D eigenvalue weighted by Crippen LogP contribution is -2.14. The number of hydrogen-bond donors (Lipinski definition) is 0. The van der Waals surface area contributed by atoms with Gasteiger partial charge in [0.1, 0.15) is 0 Å². The van der Waals surface area contributed by atoms with Gasteiger partial charge in [-0.05, 0) is 128 Å². The van der Waals surface area contributed by atoms with Crippen LogP contribution in [0.25, 0.3) is 11.1 Å². The summed E-state index contributed by atoms with van der Waals surface area (Å²) >= 11 is 0. The van der Waals surface area contributed by atoms with E-state index in [1.807, 2.05) is 12.1 Å². The molecule has 2 aliphatic rings. The number of rotatable bonds is 10. The van der Waals surface area contributed by atoms with Gasteiger partial charge in [-0.25, -0.2) is 0 Å². The molecule has 0 N–H and O–H groups in total. The van der Waals surface area contributed by atoms with Gasteiger partial charge in [0.05, 0.1) is 11.6 Å². The molecule has 0 unspecified atom stereocenters. The Morgan fingerprint density at radius 2 is 1.08 bits per heavy atom. The van der Waals surface area contributed by atoms with E-state index in [2.05, 4.69) is 73.7 Å². The summed E-state index contributed by atoms with van der Waals surface area (Å²) in [5.74, 6) is 3.26. The van der Waals surface area contributed by atoms with Crippen molar-refractivity contribution in [2.24, 2.45) is 11.8 Å². The van der Waals surface area contributed by atoms with E-state index in [1.54, 1.807) is 5.56 Å². The molecule has 5 rings (SSSR count). The van der Waals surface area contributed by atoms with Crippen LogP contribution in [0.4, 0.5) is 0 Å². The number of unbranched alkanes of at least 4 members (excludes halogenated alkanes) is 2. The fraction of sp³-hybridized carbons (Fsp3) is 0.500. The number of benzene rings is 3. The van der Waals surface area contributed by atoms with Gasteiger partial charge in [-0.2, -0.15) is 5.26 Å². The Labute approximate surface area is 237 Å². The molecule has 3 aromatic rings. The lowest BCUT2D eigenvalue weighted by molar-refractivity contribution is 0.303. The topological polar surface area (TPSA) is 23.8 Å². The van der Waals surface area contributed by atoms with Crippen LogP contribution in [0.2, 0.25) is 0 Å². The molecule has 204 valence electrons. The van der Waals surface area contributed by atoms with Crippen molar-refractivity contribution < 1.29 is 0 Å². The van der Waals surface area contributed by atoms with E-state index in [-0.39, 0.29) is 0 Å². The number of nitriles is 1. The molecule has 0 bridgehead atoms. The molecule has 0 aliphatic heterocycles. The van der Waals surface area contributed by atoms with E-state index < -0.39 is 0 Å². The van der Waals surface area contributed by atoms with Crippen molar-refractivity contribution in [3.8, 4) is 17.2 Å². The van der Waals surface area contributed by atoms with Crippen molar-refractivity contribution in [2.45, 2.75) is 109 Å². The summed E-state index contributed by atoms with van der Waals surface area (Å²) < 4.78 is 0. The predicted octanol–water partition coefficient (Wildman–Crippen LogP) is 11.0. The molecule has 2 fully saturated rings. The monoisotopic (exact) mass is 517 g/mol. The van der Waals surface area contributed by atoms with Crippen LogP contribution in [-0.2, 0) is 6.42 Å². The summed E-state index contributed by atoms with van der Waals surface area (Å²) in [6.45, 7) is 2.31. The van der Waals surface area contributed by atoms with Gasteiger partial charge < -0.3 is 0 Å². The second-order valence-electron chi connectivity index (χ2n) is 12.5. The van der Waals surface area contributed by atoms with Gasteiger partial charge in [0, 0.05) is 0 Å². The maximum absolute atomic E-state index is 9.04. The van der Waals surface area contributed by atoms with Crippen LogP contribution in [0, 0.1) is 23.2 Å². The molecule has 0 spiro atoms. The van der Waals surface area contributed by atoms with Crippen LogP contribution in [0.5, 0.6) is 0 Å². The Bertz CT molecular complexity index is 1170. The number of nitrogens with zero attached hydrogens (tertiary/aromatic N) is 1. The molecule has 2 aliphatic carbocycles. The second-order valence-corrected chi connectivity index (χ2v) is 12.5. The van der Waals surface area contributed by atoms with Gasteiger partial charge in [0.2, 0.25) is 0 Å². The van der Waals surface area contributed by atoms with E-state index in [9.17, 15) is 0 Å². The molecule has 0 saturated heterocycles. The summed E-state index contributed by atoms with van der Waals surface area (Å²) in [7, 11) is 0. The van der Waals surface area contributed by atoms with Crippen LogP contribution in [0.15, 0.2) is 72.8 Å². The summed E-state index contributed by atoms with van der Waals surface area (Å²) in [6.07, 6.45) is 19.0. The second kappa shape index (κ2) is 14.0. The van der Waals surface area contributed by atoms with Gasteiger partial charge in [0.15, 0.2) is 0 Å². The zero-order valence-corrected chi connectivity index (χ0v) is 24.1. The molecule has 1 nitrogen and oxygen atoms in total. The molecule has 0 radical (unpaired) electrons. The first kappa shape index (κ1) is 27.7. The van der Waals surface area contributed by atoms with E-state index in [1.165, 1.54) is 112 Å². The highest BCUT2D eigenvalue weighted by atomic mass is 14.3. The molecule has 0 atom stereocenters.